The van der Waals surface area contributed by atoms with Gasteiger partial charge in [0.05, 0.1) is 11.1 Å². The average molecular weight is 705 g/mol. The van der Waals surface area contributed by atoms with Crippen LogP contribution in [0, 0.1) is 6.07 Å². The van der Waals surface area contributed by atoms with Crippen LogP contribution in [0.5, 0.6) is 5.75 Å². The number of aromatic hydroxyl groups is 1. The van der Waals surface area contributed by atoms with Crippen LogP contribution >= 0.6 is 0 Å². The molecule has 0 aliphatic rings. The van der Waals surface area contributed by atoms with Gasteiger partial charge in [0.25, 0.3) is 0 Å². The second kappa shape index (κ2) is 11.2. The quantitative estimate of drug-likeness (QED) is 0.183. The second-order valence-corrected chi connectivity index (χ2v) is 10.8. The normalized spacial score (nSPS) is 11.4. The van der Waals surface area contributed by atoms with Crippen molar-refractivity contribution in [2.45, 2.75) is 32.6 Å². The number of pyridine rings is 1. The summed E-state index contributed by atoms with van der Waals surface area (Å²) < 4.78 is 6.49. The topological polar surface area (TPSA) is 59.2 Å². The molecule has 0 saturated heterocycles. The third-order valence-electron chi connectivity index (χ3n) is 6.98. The van der Waals surface area contributed by atoms with E-state index in [2.05, 4.69) is 56.1 Å². The number of rotatable bonds is 5. The number of hydrogen-bond donors (Lipinski definition) is 1. The monoisotopic (exact) mass is 704 g/mol. The summed E-state index contributed by atoms with van der Waals surface area (Å²) in [5, 5.41) is 10.8. The molecule has 0 amide bonds. The molecule has 0 atom stereocenters. The first kappa shape index (κ1) is 27.6. The molecule has 0 fully saturated rings. The standard InChI is InChI=1S/C35H29N2O2.Pt/c1-35(2,3)27-16-18-31(38)29(22-27)34-37-32-28(24-12-9-13-25(21-24)30-14-7-8-19-36-30)17-15-26(33(32)39-34)20-23-10-5-4-6-11-23;/h4-19,22,38H,20H2,1-3H3;/q-1;. The van der Waals surface area contributed by atoms with E-state index in [1.807, 2.05) is 66.7 Å². The van der Waals surface area contributed by atoms with E-state index in [0.29, 0.717) is 23.5 Å². The molecule has 202 valence electrons. The van der Waals surface area contributed by atoms with Gasteiger partial charge in [0, 0.05) is 44.9 Å². The van der Waals surface area contributed by atoms with E-state index in [1.54, 1.807) is 12.3 Å². The van der Waals surface area contributed by atoms with Crippen LogP contribution in [0.2, 0.25) is 0 Å². The summed E-state index contributed by atoms with van der Waals surface area (Å²) in [7, 11) is 0. The van der Waals surface area contributed by atoms with Gasteiger partial charge in [-0.15, -0.1) is 29.8 Å². The van der Waals surface area contributed by atoms with Gasteiger partial charge in [-0.25, -0.2) is 4.98 Å². The zero-order valence-corrected chi connectivity index (χ0v) is 24.9. The first-order chi connectivity index (χ1) is 18.9. The van der Waals surface area contributed by atoms with Gasteiger partial charge in [0.15, 0.2) is 5.58 Å². The maximum absolute atomic E-state index is 10.8. The molecule has 6 rings (SSSR count). The maximum Gasteiger partial charge on any atom is 0.230 e. The number of hydrogen-bond acceptors (Lipinski definition) is 4. The molecule has 1 N–H and O–H groups in total. The molecule has 2 aromatic heterocycles. The molecule has 40 heavy (non-hydrogen) atoms. The van der Waals surface area contributed by atoms with Crippen molar-refractivity contribution in [3.63, 3.8) is 0 Å². The number of oxazole rings is 1. The van der Waals surface area contributed by atoms with Gasteiger partial charge in [0.1, 0.15) is 5.75 Å². The fraction of sp³-hybridized carbons (Fsp3) is 0.143. The van der Waals surface area contributed by atoms with Crippen LogP contribution in [-0.4, -0.2) is 15.1 Å². The van der Waals surface area contributed by atoms with E-state index >= 15 is 0 Å². The van der Waals surface area contributed by atoms with Gasteiger partial charge in [-0.3, -0.25) is 4.98 Å². The van der Waals surface area contributed by atoms with E-state index in [1.165, 1.54) is 5.56 Å². The Morgan fingerprint density at radius 3 is 2.33 bits per heavy atom. The number of fused-ring (bicyclic) bond motifs is 1. The van der Waals surface area contributed by atoms with Crippen molar-refractivity contribution in [3.05, 3.63) is 126 Å². The van der Waals surface area contributed by atoms with Crippen LogP contribution in [0.1, 0.15) is 37.5 Å². The van der Waals surface area contributed by atoms with Crippen molar-refractivity contribution in [1.29, 1.82) is 0 Å². The van der Waals surface area contributed by atoms with Crippen LogP contribution in [-0.2, 0) is 32.9 Å². The van der Waals surface area contributed by atoms with Crippen LogP contribution in [0.15, 0.2) is 108 Å². The third kappa shape index (κ3) is 5.50. The van der Waals surface area contributed by atoms with E-state index in [0.717, 1.165) is 39.0 Å². The van der Waals surface area contributed by atoms with Crippen molar-refractivity contribution in [1.82, 2.24) is 9.97 Å². The first-order valence-corrected chi connectivity index (χ1v) is 13.1. The molecule has 0 spiro atoms. The molecule has 5 heteroatoms. The largest absolute Gasteiger partial charge is 0.507 e. The van der Waals surface area contributed by atoms with E-state index in [4.69, 9.17) is 9.40 Å². The van der Waals surface area contributed by atoms with Crippen molar-refractivity contribution in [2.75, 3.05) is 0 Å². The van der Waals surface area contributed by atoms with Crippen molar-refractivity contribution in [2.24, 2.45) is 0 Å². The summed E-state index contributed by atoms with van der Waals surface area (Å²) in [4.78, 5) is 9.48. The van der Waals surface area contributed by atoms with E-state index in [-0.39, 0.29) is 32.2 Å². The van der Waals surface area contributed by atoms with E-state index in [9.17, 15) is 5.11 Å². The number of phenolic OH excluding ortho intramolecular Hbond substituents is 1. The van der Waals surface area contributed by atoms with Gasteiger partial charge in [-0.2, -0.15) is 0 Å². The molecular formula is C35H29N2O2Pt-. The first-order valence-electron chi connectivity index (χ1n) is 13.1. The third-order valence-corrected chi connectivity index (χ3v) is 6.98. The number of benzene rings is 4. The molecule has 0 aliphatic heterocycles. The summed E-state index contributed by atoms with van der Waals surface area (Å²) in [6, 6.07) is 35.6. The van der Waals surface area contributed by atoms with Crippen molar-refractivity contribution < 1.29 is 30.6 Å². The minimum absolute atomic E-state index is 0. The van der Waals surface area contributed by atoms with Gasteiger partial charge in [-0.1, -0.05) is 92.6 Å². The van der Waals surface area contributed by atoms with Crippen LogP contribution in [0.3, 0.4) is 0 Å². The van der Waals surface area contributed by atoms with Crippen LogP contribution < -0.4 is 0 Å². The van der Waals surface area contributed by atoms with Gasteiger partial charge < -0.3 is 9.52 Å². The minimum Gasteiger partial charge on any atom is -0.507 e. The molecule has 2 heterocycles. The van der Waals surface area contributed by atoms with Crippen molar-refractivity contribution >= 4 is 11.1 Å². The number of phenols is 1. The zero-order valence-electron chi connectivity index (χ0n) is 22.6. The molecule has 0 radical (unpaired) electrons. The van der Waals surface area contributed by atoms with Crippen LogP contribution in [0.25, 0.3) is 44.9 Å². The summed E-state index contributed by atoms with van der Waals surface area (Å²) >= 11 is 0. The molecule has 4 aromatic carbocycles. The van der Waals surface area contributed by atoms with Crippen molar-refractivity contribution in [3.8, 4) is 39.6 Å². The Morgan fingerprint density at radius 1 is 0.800 bits per heavy atom. The van der Waals surface area contributed by atoms with Gasteiger partial charge >= 0.3 is 0 Å². The second-order valence-electron chi connectivity index (χ2n) is 10.8. The predicted molar refractivity (Wildman–Crippen MR) is 157 cm³/mol. The molecule has 0 aliphatic carbocycles. The Labute approximate surface area is 249 Å². The summed E-state index contributed by atoms with van der Waals surface area (Å²) in [6.07, 6.45) is 2.49. The Balaban J connectivity index is 0.00000323. The zero-order chi connectivity index (χ0) is 27.0. The Hall–Kier alpha value is -4.01. The molecule has 6 aromatic rings. The molecular weight excluding hydrogens is 675 g/mol. The molecule has 0 saturated carbocycles. The number of aromatic nitrogens is 2. The van der Waals surface area contributed by atoms with Crippen LogP contribution in [0.4, 0.5) is 0 Å². The summed E-state index contributed by atoms with van der Waals surface area (Å²) in [6.45, 7) is 6.45. The minimum atomic E-state index is -0.0844. The average Bonchev–Trinajstić information content (AvgIpc) is 3.40. The Bertz CT molecular complexity index is 1770. The maximum atomic E-state index is 10.8. The SMILES string of the molecule is CC(C)(C)c1ccc(O)c(-c2nc3c(-c4[c-]c(-c5ccccn5)ccc4)ccc(Cc4ccccc4)c3o2)c1.[Pt]. The van der Waals surface area contributed by atoms with Gasteiger partial charge in [-0.05, 0) is 34.7 Å². The fourth-order valence-electron chi connectivity index (χ4n) is 4.82. The van der Waals surface area contributed by atoms with E-state index < -0.39 is 0 Å². The summed E-state index contributed by atoms with van der Waals surface area (Å²) in [5.41, 5.74) is 8.87. The summed E-state index contributed by atoms with van der Waals surface area (Å²) in [5.74, 6) is 0.542. The number of nitrogens with zero attached hydrogens (tertiary/aromatic N) is 2. The molecule has 0 unspecified atom stereocenters. The Morgan fingerprint density at radius 2 is 1.57 bits per heavy atom. The smallest absolute Gasteiger partial charge is 0.230 e. The Kier molecular flexibility index (Phi) is 7.74. The molecule has 0 bridgehead atoms. The molecule has 4 nitrogen and oxygen atoms in total. The van der Waals surface area contributed by atoms with Gasteiger partial charge in [0.2, 0.25) is 5.89 Å². The predicted octanol–water partition coefficient (Wildman–Crippen LogP) is 8.62. The fourth-order valence-corrected chi connectivity index (χ4v) is 4.82.